The number of nitrogens with zero attached hydrogens (tertiary/aromatic N) is 1. The molecule has 1 heterocycles. The molecule has 2 rings (SSSR count). The topological polar surface area (TPSA) is 71.8 Å². The van der Waals surface area contributed by atoms with E-state index in [2.05, 4.69) is 9.97 Å². The van der Waals surface area contributed by atoms with Gasteiger partial charge in [-0.05, 0) is 18.9 Å². The zero-order chi connectivity index (χ0) is 12.3. The first-order chi connectivity index (χ1) is 8.15. The predicted molar refractivity (Wildman–Crippen MR) is 66.7 cm³/mol. The summed E-state index contributed by atoms with van der Waals surface area (Å²) in [4.78, 5) is 18.2. The van der Waals surface area contributed by atoms with Crippen LogP contribution >= 0.6 is 0 Å². The Morgan fingerprint density at radius 1 is 1.35 bits per heavy atom. The highest BCUT2D eigenvalue weighted by Crippen LogP contribution is 2.12. The zero-order valence-corrected chi connectivity index (χ0v) is 9.68. The Hall–Kier alpha value is -1.94. The molecule has 1 unspecified atom stereocenters. The van der Waals surface area contributed by atoms with Gasteiger partial charge in [-0.1, -0.05) is 30.3 Å². The molecule has 0 aliphatic heterocycles. The first-order valence-corrected chi connectivity index (χ1v) is 5.52. The van der Waals surface area contributed by atoms with E-state index < -0.39 is 0 Å². The second-order valence-corrected chi connectivity index (χ2v) is 4.05. The van der Waals surface area contributed by atoms with Gasteiger partial charge >= 0.3 is 0 Å². The molecule has 0 aliphatic rings. The number of hydrogen-bond acceptors (Lipinski definition) is 3. The summed E-state index contributed by atoms with van der Waals surface area (Å²) in [5, 5.41) is 0. The van der Waals surface area contributed by atoms with Gasteiger partial charge < -0.3 is 10.7 Å². The van der Waals surface area contributed by atoms with E-state index in [1.54, 1.807) is 6.92 Å². The SMILES string of the molecule is Cc1nc(C(N)Cc2ccccc2)cc(=O)[nH]1. The Morgan fingerprint density at radius 2 is 2.06 bits per heavy atom. The summed E-state index contributed by atoms with van der Waals surface area (Å²) in [5.41, 5.74) is 7.67. The molecule has 88 valence electrons. The molecule has 0 radical (unpaired) electrons. The van der Waals surface area contributed by atoms with Gasteiger partial charge in [0, 0.05) is 6.07 Å². The van der Waals surface area contributed by atoms with Crippen molar-refractivity contribution in [3.05, 3.63) is 63.8 Å². The van der Waals surface area contributed by atoms with Crippen LogP contribution in [0, 0.1) is 6.92 Å². The Kier molecular flexibility index (Phi) is 3.35. The zero-order valence-electron chi connectivity index (χ0n) is 9.68. The highest BCUT2D eigenvalue weighted by atomic mass is 16.1. The highest BCUT2D eigenvalue weighted by molar-refractivity contribution is 5.18. The molecule has 1 aromatic heterocycles. The average Bonchev–Trinajstić information content (AvgIpc) is 2.29. The van der Waals surface area contributed by atoms with Crippen molar-refractivity contribution >= 4 is 0 Å². The number of H-pyrrole nitrogens is 1. The fourth-order valence-corrected chi connectivity index (χ4v) is 1.77. The first-order valence-electron chi connectivity index (χ1n) is 5.52. The highest BCUT2D eigenvalue weighted by Gasteiger charge is 2.09. The van der Waals surface area contributed by atoms with E-state index in [9.17, 15) is 4.79 Å². The van der Waals surface area contributed by atoms with Gasteiger partial charge in [-0.25, -0.2) is 4.98 Å². The van der Waals surface area contributed by atoms with Crippen LogP contribution in [-0.4, -0.2) is 9.97 Å². The number of aryl methyl sites for hydroxylation is 1. The lowest BCUT2D eigenvalue weighted by Gasteiger charge is -2.11. The van der Waals surface area contributed by atoms with E-state index in [1.165, 1.54) is 6.07 Å². The monoisotopic (exact) mass is 229 g/mol. The smallest absolute Gasteiger partial charge is 0.251 e. The molecular weight excluding hydrogens is 214 g/mol. The molecule has 0 saturated carbocycles. The van der Waals surface area contributed by atoms with Gasteiger partial charge in [0.15, 0.2) is 0 Å². The molecule has 0 aliphatic carbocycles. The number of aromatic amines is 1. The summed E-state index contributed by atoms with van der Waals surface area (Å²) in [6, 6.07) is 11.1. The van der Waals surface area contributed by atoms with E-state index in [1.807, 2.05) is 30.3 Å². The quantitative estimate of drug-likeness (QED) is 0.833. The van der Waals surface area contributed by atoms with Crippen LogP contribution in [0.25, 0.3) is 0 Å². The minimum atomic E-state index is -0.251. The van der Waals surface area contributed by atoms with Crippen LogP contribution in [0.2, 0.25) is 0 Å². The number of hydrogen-bond donors (Lipinski definition) is 2. The number of aromatic nitrogens is 2. The Balaban J connectivity index is 2.20. The summed E-state index contributed by atoms with van der Waals surface area (Å²) in [6.07, 6.45) is 0.677. The van der Waals surface area contributed by atoms with Crippen LogP contribution in [0.4, 0.5) is 0 Å². The second-order valence-electron chi connectivity index (χ2n) is 4.05. The largest absolute Gasteiger partial charge is 0.322 e. The van der Waals surface area contributed by atoms with Gasteiger partial charge in [-0.2, -0.15) is 0 Å². The van der Waals surface area contributed by atoms with Gasteiger partial charge in [0.05, 0.1) is 11.7 Å². The van der Waals surface area contributed by atoms with Crippen LogP contribution < -0.4 is 11.3 Å². The molecule has 0 spiro atoms. The normalized spacial score (nSPS) is 12.4. The maximum Gasteiger partial charge on any atom is 0.251 e. The lowest BCUT2D eigenvalue weighted by Crippen LogP contribution is -2.20. The van der Waals surface area contributed by atoms with E-state index >= 15 is 0 Å². The summed E-state index contributed by atoms with van der Waals surface area (Å²) >= 11 is 0. The molecule has 0 saturated heterocycles. The van der Waals surface area contributed by atoms with Crippen molar-refractivity contribution in [2.45, 2.75) is 19.4 Å². The lowest BCUT2D eigenvalue weighted by atomic mass is 10.0. The summed E-state index contributed by atoms with van der Waals surface area (Å²) in [7, 11) is 0. The Labute approximate surface area is 99.5 Å². The van der Waals surface area contributed by atoms with Gasteiger partial charge in [0.25, 0.3) is 5.56 Å². The van der Waals surface area contributed by atoms with Crippen molar-refractivity contribution < 1.29 is 0 Å². The molecule has 0 amide bonds. The number of rotatable bonds is 3. The van der Waals surface area contributed by atoms with Crippen LogP contribution in [0.1, 0.15) is 23.1 Å². The van der Waals surface area contributed by atoms with Gasteiger partial charge in [-0.15, -0.1) is 0 Å². The van der Waals surface area contributed by atoms with Crippen molar-refractivity contribution in [3.8, 4) is 0 Å². The van der Waals surface area contributed by atoms with Crippen LogP contribution in [0.15, 0.2) is 41.2 Å². The molecule has 0 bridgehead atoms. The van der Waals surface area contributed by atoms with Crippen molar-refractivity contribution in [3.63, 3.8) is 0 Å². The minimum absolute atomic E-state index is 0.156. The van der Waals surface area contributed by atoms with Crippen molar-refractivity contribution in [1.29, 1.82) is 0 Å². The number of nitrogens with one attached hydrogen (secondary N) is 1. The van der Waals surface area contributed by atoms with Crippen molar-refractivity contribution in [2.75, 3.05) is 0 Å². The van der Waals surface area contributed by atoms with Crippen molar-refractivity contribution in [1.82, 2.24) is 9.97 Å². The average molecular weight is 229 g/mol. The second kappa shape index (κ2) is 4.93. The van der Waals surface area contributed by atoms with E-state index in [4.69, 9.17) is 5.73 Å². The predicted octanol–water partition coefficient (Wildman–Crippen LogP) is 1.32. The molecule has 4 nitrogen and oxygen atoms in total. The van der Waals surface area contributed by atoms with E-state index in [0.717, 1.165) is 5.56 Å². The fourth-order valence-electron chi connectivity index (χ4n) is 1.77. The molecule has 17 heavy (non-hydrogen) atoms. The Morgan fingerprint density at radius 3 is 2.71 bits per heavy atom. The molecular formula is C13H15N3O. The van der Waals surface area contributed by atoms with Crippen molar-refractivity contribution in [2.24, 2.45) is 5.73 Å². The van der Waals surface area contributed by atoms with Gasteiger partial charge in [0.1, 0.15) is 5.82 Å². The molecule has 3 N–H and O–H groups in total. The standard InChI is InChI=1S/C13H15N3O/c1-9-15-12(8-13(17)16-9)11(14)7-10-5-3-2-4-6-10/h2-6,8,11H,7,14H2,1H3,(H,15,16,17). The third-order valence-electron chi connectivity index (χ3n) is 2.56. The van der Waals surface area contributed by atoms with E-state index in [0.29, 0.717) is 17.9 Å². The van der Waals surface area contributed by atoms with Crippen LogP contribution in [0.5, 0.6) is 0 Å². The third-order valence-corrected chi connectivity index (χ3v) is 2.56. The van der Waals surface area contributed by atoms with Gasteiger partial charge in [0.2, 0.25) is 0 Å². The lowest BCUT2D eigenvalue weighted by molar-refractivity contribution is 0.685. The third kappa shape index (κ3) is 3.01. The molecule has 0 fully saturated rings. The summed E-state index contributed by atoms with van der Waals surface area (Å²) in [5.74, 6) is 0.594. The Bertz CT molecular complexity index is 548. The fraction of sp³-hybridized carbons (Fsp3) is 0.231. The summed E-state index contributed by atoms with van der Waals surface area (Å²) in [6.45, 7) is 1.75. The van der Waals surface area contributed by atoms with Crippen LogP contribution in [0.3, 0.4) is 0 Å². The number of benzene rings is 1. The summed E-state index contributed by atoms with van der Waals surface area (Å²) < 4.78 is 0. The van der Waals surface area contributed by atoms with Crippen LogP contribution in [-0.2, 0) is 6.42 Å². The molecule has 4 heteroatoms. The maximum atomic E-state index is 11.3. The number of nitrogens with two attached hydrogens (primary N) is 1. The molecule has 1 atom stereocenters. The minimum Gasteiger partial charge on any atom is -0.322 e. The molecule has 2 aromatic rings. The first kappa shape index (κ1) is 11.5. The van der Waals surface area contributed by atoms with E-state index in [-0.39, 0.29) is 11.6 Å². The maximum absolute atomic E-state index is 11.3. The van der Waals surface area contributed by atoms with Gasteiger partial charge in [-0.3, -0.25) is 4.79 Å². The molecule has 1 aromatic carbocycles.